The van der Waals surface area contributed by atoms with E-state index in [9.17, 15) is 4.79 Å². The molecule has 5 heteroatoms. The van der Waals surface area contributed by atoms with Crippen LogP contribution in [0.25, 0.3) is 0 Å². The van der Waals surface area contributed by atoms with E-state index in [4.69, 9.17) is 0 Å². The lowest BCUT2D eigenvalue weighted by atomic mass is 9.84. The Kier molecular flexibility index (Phi) is 5.17. The SMILES string of the molecule is CC(CC(=O)Nc1ccnn1C(C)C)C1CCNCC1. The lowest BCUT2D eigenvalue weighted by Crippen LogP contribution is -2.32. The topological polar surface area (TPSA) is 59.0 Å². The first-order valence-corrected chi connectivity index (χ1v) is 7.62. The Balaban J connectivity index is 1.86. The molecule has 5 nitrogen and oxygen atoms in total. The fraction of sp³-hybridized carbons (Fsp3) is 0.733. The van der Waals surface area contributed by atoms with E-state index in [2.05, 4.69) is 36.5 Å². The van der Waals surface area contributed by atoms with Crippen LogP contribution in [0, 0.1) is 11.8 Å². The van der Waals surface area contributed by atoms with Crippen molar-refractivity contribution in [1.82, 2.24) is 15.1 Å². The summed E-state index contributed by atoms with van der Waals surface area (Å²) in [5.41, 5.74) is 0. The number of rotatable bonds is 5. The van der Waals surface area contributed by atoms with E-state index in [1.165, 1.54) is 12.8 Å². The molecule has 1 atom stereocenters. The van der Waals surface area contributed by atoms with Gasteiger partial charge in [-0.3, -0.25) is 4.79 Å². The average Bonchev–Trinajstić information content (AvgIpc) is 2.87. The number of aromatic nitrogens is 2. The number of nitrogens with zero attached hydrogens (tertiary/aromatic N) is 2. The second-order valence-corrected chi connectivity index (χ2v) is 6.07. The fourth-order valence-electron chi connectivity index (χ4n) is 2.89. The van der Waals surface area contributed by atoms with Crippen molar-refractivity contribution in [2.75, 3.05) is 18.4 Å². The molecule has 1 amide bonds. The van der Waals surface area contributed by atoms with Crippen molar-refractivity contribution in [3.05, 3.63) is 12.3 Å². The number of hydrogen-bond acceptors (Lipinski definition) is 3. The molecule has 20 heavy (non-hydrogen) atoms. The molecule has 1 aromatic rings. The number of amides is 1. The minimum atomic E-state index is 0.0958. The first kappa shape index (κ1) is 15.0. The molecule has 0 spiro atoms. The van der Waals surface area contributed by atoms with Crippen LogP contribution in [-0.2, 0) is 4.79 Å². The summed E-state index contributed by atoms with van der Waals surface area (Å²) in [5, 5.41) is 10.6. The highest BCUT2D eigenvalue weighted by atomic mass is 16.1. The molecule has 2 N–H and O–H groups in total. The lowest BCUT2D eigenvalue weighted by molar-refractivity contribution is -0.117. The zero-order valence-electron chi connectivity index (χ0n) is 12.7. The second kappa shape index (κ2) is 6.88. The monoisotopic (exact) mass is 278 g/mol. The normalized spacial score (nSPS) is 18.2. The van der Waals surface area contributed by atoms with Crippen LogP contribution in [0.15, 0.2) is 12.3 Å². The quantitative estimate of drug-likeness (QED) is 0.869. The summed E-state index contributed by atoms with van der Waals surface area (Å²) in [6, 6.07) is 2.11. The molecular weight excluding hydrogens is 252 g/mol. The number of nitrogens with one attached hydrogen (secondary N) is 2. The van der Waals surface area contributed by atoms with Crippen molar-refractivity contribution in [1.29, 1.82) is 0 Å². The van der Waals surface area contributed by atoms with Gasteiger partial charge in [-0.25, -0.2) is 4.68 Å². The van der Waals surface area contributed by atoms with E-state index in [-0.39, 0.29) is 11.9 Å². The predicted molar refractivity (Wildman–Crippen MR) is 80.6 cm³/mol. The number of piperidine rings is 1. The molecular formula is C15H26N4O. The second-order valence-electron chi connectivity index (χ2n) is 6.07. The van der Waals surface area contributed by atoms with Crippen molar-refractivity contribution in [2.24, 2.45) is 11.8 Å². The van der Waals surface area contributed by atoms with Crippen molar-refractivity contribution >= 4 is 11.7 Å². The number of anilines is 1. The highest BCUT2D eigenvalue weighted by Crippen LogP contribution is 2.24. The van der Waals surface area contributed by atoms with Gasteiger partial charge in [-0.15, -0.1) is 0 Å². The Morgan fingerprint density at radius 3 is 2.80 bits per heavy atom. The van der Waals surface area contributed by atoms with Gasteiger partial charge in [0.1, 0.15) is 5.82 Å². The summed E-state index contributed by atoms with van der Waals surface area (Å²) in [4.78, 5) is 12.2. The third-order valence-electron chi connectivity index (χ3n) is 4.12. The van der Waals surface area contributed by atoms with Crippen LogP contribution in [0.4, 0.5) is 5.82 Å². The molecule has 1 aliphatic rings. The van der Waals surface area contributed by atoms with Gasteiger partial charge in [0.25, 0.3) is 0 Å². The van der Waals surface area contributed by atoms with Gasteiger partial charge >= 0.3 is 0 Å². The number of carbonyl (C=O) groups is 1. The summed E-state index contributed by atoms with van der Waals surface area (Å²) in [6.45, 7) is 8.46. The number of carbonyl (C=O) groups excluding carboxylic acids is 1. The van der Waals surface area contributed by atoms with Gasteiger partial charge in [0.05, 0.1) is 6.20 Å². The van der Waals surface area contributed by atoms with Gasteiger partial charge in [-0.05, 0) is 51.6 Å². The van der Waals surface area contributed by atoms with Crippen LogP contribution >= 0.6 is 0 Å². The first-order chi connectivity index (χ1) is 9.58. The molecule has 0 bridgehead atoms. The highest BCUT2D eigenvalue weighted by molar-refractivity contribution is 5.89. The third-order valence-corrected chi connectivity index (χ3v) is 4.12. The summed E-state index contributed by atoms with van der Waals surface area (Å²) < 4.78 is 1.84. The van der Waals surface area contributed by atoms with Gasteiger partial charge in [0.15, 0.2) is 0 Å². The molecule has 1 aliphatic heterocycles. The van der Waals surface area contributed by atoms with Crippen molar-refractivity contribution in [3.63, 3.8) is 0 Å². The van der Waals surface area contributed by atoms with Crippen LogP contribution in [0.1, 0.15) is 46.1 Å². The van der Waals surface area contributed by atoms with Crippen molar-refractivity contribution in [2.45, 2.75) is 46.1 Å². The molecule has 0 radical (unpaired) electrons. The average molecular weight is 278 g/mol. The van der Waals surface area contributed by atoms with Crippen LogP contribution in [-0.4, -0.2) is 28.8 Å². The van der Waals surface area contributed by atoms with Crippen molar-refractivity contribution < 1.29 is 4.79 Å². The van der Waals surface area contributed by atoms with Gasteiger partial charge < -0.3 is 10.6 Å². The summed E-state index contributed by atoms with van der Waals surface area (Å²) >= 11 is 0. The molecule has 0 aromatic carbocycles. The maximum atomic E-state index is 12.2. The standard InChI is InChI=1S/C15H26N4O/c1-11(2)19-14(6-9-17-19)18-15(20)10-12(3)13-4-7-16-8-5-13/h6,9,11-13,16H,4-5,7-8,10H2,1-3H3,(H,18,20). The van der Waals surface area contributed by atoms with Crippen LogP contribution in [0.3, 0.4) is 0 Å². The molecule has 2 heterocycles. The predicted octanol–water partition coefficient (Wildman–Crippen LogP) is 2.43. The summed E-state index contributed by atoms with van der Waals surface area (Å²) in [7, 11) is 0. The van der Waals surface area contributed by atoms with Crippen LogP contribution < -0.4 is 10.6 Å². The molecule has 112 valence electrons. The summed E-state index contributed by atoms with van der Waals surface area (Å²) in [6.07, 6.45) is 4.68. The molecule has 1 fully saturated rings. The maximum Gasteiger partial charge on any atom is 0.225 e. The molecule has 1 aromatic heterocycles. The van der Waals surface area contributed by atoms with E-state index >= 15 is 0 Å². The molecule has 1 saturated heterocycles. The zero-order valence-corrected chi connectivity index (χ0v) is 12.7. The Bertz CT molecular complexity index is 435. The maximum absolute atomic E-state index is 12.2. The van der Waals surface area contributed by atoms with Gasteiger partial charge in [-0.1, -0.05) is 6.92 Å². The highest BCUT2D eigenvalue weighted by Gasteiger charge is 2.22. The molecule has 2 rings (SSSR count). The van der Waals surface area contributed by atoms with E-state index in [0.717, 1.165) is 18.9 Å². The number of hydrogen-bond donors (Lipinski definition) is 2. The smallest absolute Gasteiger partial charge is 0.225 e. The Labute approximate surface area is 121 Å². The first-order valence-electron chi connectivity index (χ1n) is 7.62. The lowest BCUT2D eigenvalue weighted by Gasteiger charge is -2.27. The van der Waals surface area contributed by atoms with E-state index in [1.54, 1.807) is 6.20 Å². The van der Waals surface area contributed by atoms with Crippen LogP contribution in [0.2, 0.25) is 0 Å². The molecule has 0 saturated carbocycles. The van der Waals surface area contributed by atoms with Crippen LogP contribution in [0.5, 0.6) is 0 Å². The Hall–Kier alpha value is -1.36. The fourth-order valence-corrected chi connectivity index (χ4v) is 2.89. The van der Waals surface area contributed by atoms with E-state index < -0.39 is 0 Å². The van der Waals surface area contributed by atoms with E-state index in [0.29, 0.717) is 18.3 Å². The zero-order chi connectivity index (χ0) is 14.5. The van der Waals surface area contributed by atoms with Gasteiger partial charge in [0, 0.05) is 18.5 Å². The minimum Gasteiger partial charge on any atom is -0.317 e. The largest absolute Gasteiger partial charge is 0.317 e. The van der Waals surface area contributed by atoms with Crippen molar-refractivity contribution in [3.8, 4) is 0 Å². The minimum absolute atomic E-state index is 0.0958. The molecule has 1 unspecified atom stereocenters. The summed E-state index contributed by atoms with van der Waals surface area (Å²) in [5.74, 6) is 1.99. The van der Waals surface area contributed by atoms with Gasteiger partial charge in [0.2, 0.25) is 5.91 Å². The Morgan fingerprint density at radius 2 is 2.15 bits per heavy atom. The van der Waals surface area contributed by atoms with Gasteiger partial charge in [-0.2, -0.15) is 5.10 Å². The molecule has 0 aliphatic carbocycles. The Morgan fingerprint density at radius 1 is 1.45 bits per heavy atom. The third kappa shape index (κ3) is 3.82. The van der Waals surface area contributed by atoms with E-state index in [1.807, 2.05) is 10.7 Å².